The normalized spacial score (nSPS) is 10.4. The monoisotopic (exact) mass is 329 g/mol. The molecule has 0 bridgehead atoms. The van der Waals surface area contributed by atoms with Crippen LogP contribution in [0.1, 0.15) is 10.4 Å². The Kier molecular flexibility index (Phi) is 4.14. The van der Waals surface area contributed by atoms with Crippen LogP contribution in [-0.2, 0) is 0 Å². The maximum absolute atomic E-state index is 11.9. The van der Waals surface area contributed by atoms with Crippen molar-refractivity contribution in [3.8, 4) is 0 Å². The van der Waals surface area contributed by atoms with Gasteiger partial charge in [0, 0.05) is 10.0 Å². The number of nitrogen functional groups attached to an aromatic ring is 1. The first kappa shape index (κ1) is 12.5. The number of carbonyl (C=O) groups is 1. The second-order valence-corrected chi connectivity index (χ2v) is 6.28. The molecule has 2 rings (SSSR count). The number of Topliss-reactive ketones (excluding diaryl/α,β-unsaturated/α-hetero) is 1. The number of nitrogens with zero attached hydrogens (tertiary/aromatic N) is 2. The molecule has 0 aliphatic heterocycles. The van der Waals surface area contributed by atoms with Crippen molar-refractivity contribution in [2.75, 3.05) is 11.5 Å². The molecule has 0 amide bonds. The summed E-state index contributed by atoms with van der Waals surface area (Å²) in [5.74, 6) is 0.399. The lowest BCUT2D eigenvalue weighted by Gasteiger charge is -1.99. The number of benzene rings is 1. The van der Waals surface area contributed by atoms with E-state index in [1.165, 1.54) is 23.1 Å². The molecule has 2 aromatic rings. The molecule has 0 saturated carbocycles. The van der Waals surface area contributed by atoms with Gasteiger partial charge in [-0.25, -0.2) is 0 Å². The molecule has 0 aliphatic carbocycles. The summed E-state index contributed by atoms with van der Waals surface area (Å²) >= 11 is 5.97. The molecule has 0 fully saturated rings. The molecule has 88 valence electrons. The molecular weight excluding hydrogens is 322 g/mol. The van der Waals surface area contributed by atoms with Crippen molar-refractivity contribution >= 4 is 49.9 Å². The number of nitrogens with two attached hydrogens (primary N) is 1. The Morgan fingerprint density at radius 1 is 1.47 bits per heavy atom. The van der Waals surface area contributed by atoms with Crippen molar-refractivity contribution in [1.29, 1.82) is 0 Å². The Labute approximate surface area is 115 Å². The van der Waals surface area contributed by atoms with Crippen LogP contribution in [0.5, 0.6) is 0 Å². The molecule has 1 aromatic carbocycles. The number of aromatic nitrogens is 2. The molecular formula is C10H8BrN3OS2. The van der Waals surface area contributed by atoms with Crippen LogP contribution >= 0.6 is 39.0 Å². The van der Waals surface area contributed by atoms with Crippen LogP contribution in [0.25, 0.3) is 0 Å². The van der Waals surface area contributed by atoms with Gasteiger partial charge in [-0.2, -0.15) is 0 Å². The first-order valence-corrected chi connectivity index (χ1v) is 7.25. The number of halogens is 1. The molecule has 4 nitrogen and oxygen atoms in total. The van der Waals surface area contributed by atoms with Gasteiger partial charge in [-0.15, -0.1) is 10.2 Å². The van der Waals surface area contributed by atoms with Crippen LogP contribution < -0.4 is 5.73 Å². The SMILES string of the molecule is Nc1nnc(SCC(=O)c2cccc(Br)c2)s1. The Balaban J connectivity index is 1.98. The van der Waals surface area contributed by atoms with Crippen LogP contribution in [0.3, 0.4) is 0 Å². The Morgan fingerprint density at radius 2 is 2.29 bits per heavy atom. The number of thioether (sulfide) groups is 1. The number of carbonyl (C=O) groups excluding carboxylic acids is 1. The van der Waals surface area contributed by atoms with Gasteiger partial charge in [-0.3, -0.25) is 4.79 Å². The van der Waals surface area contributed by atoms with Crippen molar-refractivity contribution in [1.82, 2.24) is 10.2 Å². The third-order valence-electron chi connectivity index (χ3n) is 1.90. The third-order valence-corrected chi connectivity index (χ3v) is 4.27. The average Bonchev–Trinajstić information content (AvgIpc) is 2.72. The van der Waals surface area contributed by atoms with E-state index in [1.54, 1.807) is 12.1 Å². The van der Waals surface area contributed by atoms with Gasteiger partial charge in [0.15, 0.2) is 10.1 Å². The average molecular weight is 330 g/mol. The number of ketones is 1. The fourth-order valence-corrected chi connectivity index (χ4v) is 3.08. The summed E-state index contributed by atoms with van der Waals surface area (Å²) in [5.41, 5.74) is 6.14. The topological polar surface area (TPSA) is 68.9 Å². The molecule has 1 heterocycles. The Morgan fingerprint density at radius 3 is 2.94 bits per heavy atom. The lowest BCUT2D eigenvalue weighted by Crippen LogP contribution is -2.01. The molecule has 0 saturated heterocycles. The fourth-order valence-electron chi connectivity index (χ4n) is 1.15. The zero-order chi connectivity index (χ0) is 12.3. The zero-order valence-electron chi connectivity index (χ0n) is 8.59. The van der Waals surface area contributed by atoms with E-state index in [0.29, 0.717) is 20.8 Å². The largest absolute Gasteiger partial charge is 0.374 e. The van der Waals surface area contributed by atoms with Crippen molar-refractivity contribution in [2.24, 2.45) is 0 Å². The molecule has 0 radical (unpaired) electrons. The Hall–Kier alpha value is -0.920. The summed E-state index contributed by atoms with van der Waals surface area (Å²) in [6, 6.07) is 7.32. The molecule has 7 heteroatoms. The highest BCUT2D eigenvalue weighted by Gasteiger charge is 2.09. The number of anilines is 1. The molecule has 1 aromatic heterocycles. The lowest BCUT2D eigenvalue weighted by atomic mass is 10.2. The van der Waals surface area contributed by atoms with Crippen LogP contribution in [0.2, 0.25) is 0 Å². The summed E-state index contributed by atoms with van der Waals surface area (Å²) < 4.78 is 1.61. The van der Waals surface area contributed by atoms with E-state index in [9.17, 15) is 4.79 Å². The summed E-state index contributed by atoms with van der Waals surface area (Å²) in [5, 5.41) is 7.95. The van der Waals surface area contributed by atoms with Crippen LogP contribution in [-0.4, -0.2) is 21.7 Å². The van der Waals surface area contributed by atoms with Crippen molar-refractivity contribution in [3.63, 3.8) is 0 Å². The lowest BCUT2D eigenvalue weighted by molar-refractivity contribution is 0.102. The molecule has 0 unspecified atom stereocenters. The first-order chi connectivity index (χ1) is 8.15. The Bertz CT molecular complexity index is 544. The summed E-state index contributed by atoms with van der Waals surface area (Å²) in [4.78, 5) is 11.9. The maximum atomic E-state index is 11.9. The highest BCUT2D eigenvalue weighted by Crippen LogP contribution is 2.24. The highest BCUT2D eigenvalue weighted by atomic mass is 79.9. The molecule has 0 aliphatic rings. The van der Waals surface area contributed by atoms with Gasteiger partial charge in [-0.1, -0.05) is 51.2 Å². The van der Waals surface area contributed by atoms with Crippen LogP contribution in [0, 0.1) is 0 Å². The van der Waals surface area contributed by atoms with E-state index < -0.39 is 0 Å². The van der Waals surface area contributed by atoms with Crippen molar-refractivity contribution < 1.29 is 4.79 Å². The summed E-state index contributed by atoms with van der Waals surface area (Å²) in [7, 11) is 0. The first-order valence-electron chi connectivity index (χ1n) is 4.65. The minimum Gasteiger partial charge on any atom is -0.374 e. The van der Waals surface area contributed by atoms with Gasteiger partial charge in [0.1, 0.15) is 0 Å². The molecule has 2 N–H and O–H groups in total. The van der Waals surface area contributed by atoms with Crippen molar-refractivity contribution in [3.05, 3.63) is 34.3 Å². The summed E-state index contributed by atoms with van der Waals surface area (Å²) in [6.07, 6.45) is 0. The van der Waals surface area contributed by atoms with Crippen LogP contribution in [0.4, 0.5) is 5.13 Å². The van der Waals surface area contributed by atoms with Crippen molar-refractivity contribution in [2.45, 2.75) is 4.34 Å². The van der Waals surface area contributed by atoms with E-state index in [0.717, 1.165) is 4.47 Å². The zero-order valence-corrected chi connectivity index (χ0v) is 11.8. The number of hydrogen-bond acceptors (Lipinski definition) is 6. The predicted molar refractivity (Wildman–Crippen MR) is 73.5 cm³/mol. The molecule has 17 heavy (non-hydrogen) atoms. The molecule has 0 atom stereocenters. The fraction of sp³-hybridized carbons (Fsp3) is 0.100. The predicted octanol–water partition coefficient (Wildman–Crippen LogP) is 2.86. The van der Waals surface area contributed by atoms with Crippen LogP contribution in [0.15, 0.2) is 33.1 Å². The quantitative estimate of drug-likeness (QED) is 0.690. The van der Waals surface area contributed by atoms with E-state index in [1.807, 2.05) is 12.1 Å². The smallest absolute Gasteiger partial charge is 0.203 e. The van der Waals surface area contributed by atoms with E-state index in [-0.39, 0.29) is 5.78 Å². The second kappa shape index (κ2) is 5.61. The standard InChI is InChI=1S/C10H8BrN3OS2/c11-7-3-1-2-6(4-7)8(15)5-16-10-14-13-9(12)17-10/h1-4H,5H2,(H2,12,13). The highest BCUT2D eigenvalue weighted by molar-refractivity contribution is 9.10. The maximum Gasteiger partial charge on any atom is 0.203 e. The van der Waals surface area contributed by atoms with Gasteiger partial charge in [0.2, 0.25) is 5.13 Å². The molecule has 0 spiro atoms. The number of rotatable bonds is 4. The number of hydrogen-bond donors (Lipinski definition) is 1. The van der Waals surface area contributed by atoms with Gasteiger partial charge in [0.25, 0.3) is 0 Å². The minimum absolute atomic E-state index is 0.0603. The van der Waals surface area contributed by atoms with Gasteiger partial charge < -0.3 is 5.73 Å². The second-order valence-electron chi connectivity index (χ2n) is 3.13. The third kappa shape index (κ3) is 3.52. The van der Waals surface area contributed by atoms with E-state index in [4.69, 9.17) is 5.73 Å². The summed E-state index contributed by atoms with van der Waals surface area (Å²) in [6.45, 7) is 0. The van der Waals surface area contributed by atoms with E-state index in [2.05, 4.69) is 26.1 Å². The van der Waals surface area contributed by atoms with E-state index >= 15 is 0 Å². The van der Waals surface area contributed by atoms with Gasteiger partial charge in [-0.05, 0) is 12.1 Å². The minimum atomic E-state index is 0.0603. The van der Waals surface area contributed by atoms with Gasteiger partial charge in [0.05, 0.1) is 5.75 Å². The van der Waals surface area contributed by atoms with Gasteiger partial charge >= 0.3 is 0 Å².